The predicted octanol–water partition coefficient (Wildman–Crippen LogP) is -5.14. The maximum Gasteiger partial charge on any atom is 0.187 e. The second kappa shape index (κ2) is 7.45. The lowest BCUT2D eigenvalue weighted by Gasteiger charge is -2.44. The van der Waals surface area contributed by atoms with Crippen LogP contribution in [0.15, 0.2) is 0 Å². The first-order valence-corrected chi connectivity index (χ1v) is 7.07. The third-order valence-corrected chi connectivity index (χ3v) is 4.05. The van der Waals surface area contributed by atoms with Crippen LogP contribution in [0.4, 0.5) is 0 Å². The van der Waals surface area contributed by atoms with Gasteiger partial charge in [0, 0.05) is 6.54 Å². The minimum atomic E-state index is -1.63. The number of β-amino-alcohol motifs (C(OH)–C–C–N with tert-alkyl or cyclic N) is 1. The smallest absolute Gasteiger partial charge is 0.187 e. The fraction of sp³-hybridized carbons (Fsp3) is 1.00. The van der Waals surface area contributed by atoms with E-state index in [1.54, 1.807) is 0 Å². The first kappa shape index (κ1) is 17.9. The Morgan fingerprint density at radius 1 is 0.909 bits per heavy atom. The molecular formula is C12H23NO9. The molecule has 0 amide bonds. The number of piperidine rings is 1. The van der Waals surface area contributed by atoms with Crippen molar-refractivity contribution >= 4 is 0 Å². The monoisotopic (exact) mass is 325 g/mol. The minimum absolute atomic E-state index is 0.0460. The molecule has 2 aliphatic rings. The second-order valence-corrected chi connectivity index (χ2v) is 5.55. The van der Waals surface area contributed by atoms with E-state index in [2.05, 4.69) is 5.32 Å². The summed E-state index contributed by atoms with van der Waals surface area (Å²) in [7, 11) is 0. The lowest BCUT2D eigenvalue weighted by molar-refractivity contribution is -0.326. The molecule has 0 aromatic rings. The van der Waals surface area contributed by atoms with E-state index in [1.165, 1.54) is 0 Å². The van der Waals surface area contributed by atoms with Crippen molar-refractivity contribution in [3.63, 3.8) is 0 Å². The van der Waals surface area contributed by atoms with Crippen molar-refractivity contribution in [1.82, 2.24) is 5.32 Å². The molecule has 0 aromatic heterocycles. The Balaban J connectivity index is 2.07. The summed E-state index contributed by atoms with van der Waals surface area (Å²) < 4.78 is 10.5. The molecule has 2 fully saturated rings. The summed E-state index contributed by atoms with van der Waals surface area (Å²) in [5.74, 6) is 0. The molecule has 10 nitrogen and oxygen atoms in total. The lowest BCUT2D eigenvalue weighted by atomic mass is 9.95. The third kappa shape index (κ3) is 3.41. The van der Waals surface area contributed by atoms with E-state index in [0.29, 0.717) is 0 Å². The van der Waals surface area contributed by atoms with Crippen molar-refractivity contribution in [2.75, 3.05) is 19.8 Å². The van der Waals surface area contributed by atoms with Crippen molar-refractivity contribution in [2.45, 2.75) is 55.1 Å². The van der Waals surface area contributed by atoms with E-state index >= 15 is 0 Å². The van der Waals surface area contributed by atoms with Crippen molar-refractivity contribution in [2.24, 2.45) is 0 Å². The van der Waals surface area contributed by atoms with Gasteiger partial charge in [-0.05, 0) is 0 Å². The highest BCUT2D eigenvalue weighted by molar-refractivity contribution is 4.95. The van der Waals surface area contributed by atoms with Crippen LogP contribution in [0.1, 0.15) is 0 Å². The molecule has 0 spiro atoms. The van der Waals surface area contributed by atoms with Gasteiger partial charge in [-0.25, -0.2) is 0 Å². The summed E-state index contributed by atoms with van der Waals surface area (Å²) >= 11 is 0. The van der Waals surface area contributed by atoms with Gasteiger partial charge in [-0.1, -0.05) is 0 Å². The Morgan fingerprint density at radius 2 is 1.59 bits per heavy atom. The van der Waals surface area contributed by atoms with Gasteiger partial charge in [0.15, 0.2) is 6.29 Å². The topological polar surface area (TPSA) is 172 Å². The van der Waals surface area contributed by atoms with E-state index in [1.807, 2.05) is 0 Å². The van der Waals surface area contributed by atoms with E-state index in [-0.39, 0.29) is 13.2 Å². The summed E-state index contributed by atoms with van der Waals surface area (Å²) in [5, 5.41) is 70.1. The van der Waals surface area contributed by atoms with Gasteiger partial charge in [0.25, 0.3) is 0 Å². The summed E-state index contributed by atoms with van der Waals surface area (Å²) in [4.78, 5) is 0. The molecule has 2 saturated heterocycles. The molecule has 0 aromatic carbocycles. The van der Waals surface area contributed by atoms with Crippen LogP contribution in [0.2, 0.25) is 0 Å². The van der Waals surface area contributed by atoms with Crippen molar-refractivity contribution < 1.29 is 45.2 Å². The summed E-state index contributed by atoms with van der Waals surface area (Å²) in [6, 6.07) is -0.724. The number of ether oxygens (including phenoxy) is 2. The Morgan fingerprint density at radius 3 is 2.18 bits per heavy atom. The quantitative estimate of drug-likeness (QED) is 0.250. The molecule has 8 N–H and O–H groups in total. The Labute approximate surface area is 126 Å². The highest BCUT2D eigenvalue weighted by atomic mass is 16.7. The van der Waals surface area contributed by atoms with Crippen LogP contribution in [-0.2, 0) is 9.47 Å². The number of hydrogen-bond donors (Lipinski definition) is 8. The summed E-state index contributed by atoms with van der Waals surface area (Å²) in [5.41, 5.74) is 0. The van der Waals surface area contributed by atoms with Gasteiger partial charge in [-0.2, -0.15) is 0 Å². The summed E-state index contributed by atoms with van der Waals surface area (Å²) in [6.45, 7) is -0.950. The Hall–Kier alpha value is -0.400. The largest absolute Gasteiger partial charge is 0.395 e. The molecule has 2 heterocycles. The number of aliphatic hydroxyl groups excluding tert-OH is 7. The van der Waals surface area contributed by atoms with Gasteiger partial charge in [-0.15, -0.1) is 0 Å². The molecule has 0 saturated carbocycles. The highest BCUT2D eigenvalue weighted by Gasteiger charge is 2.47. The highest BCUT2D eigenvalue weighted by Crippen LogP contribution is 2.25. The maximum absolute atomic E-state index is 10.1. The van der Waals surface area contributed by atoms with Crippen LogP contribution in [0.3, 0.4) is 0 Å². The van der Waals surface area contributed by atoms with Crippen LogP contribution in [0.25, 0.3) is 0 Å². The van der Waals surface area contributed by atoms with Gasteiger partial charge in [0.05, 0.1) is 25.4 Å². The standard InChI is InChI=1S/C12H23NO9/c14-2-4-7(17)11(5(16)1-13-4)22-12-10(20)9(19)8(18)6(3-15)21-12/h4-20H,1-3H2/t4-,5+,6-,7-,8-,9+,10-,11-,12+/m1/s1. The first-order chi connectivity index (χ1) is 10.4. The maximum atomic E-state index is 10.1. The Bertz CT molecular complexity index is 357. The predicted molar refractivity (Wildman–Crippen MR) is 69.5 cm³/mol. The lowest BCUT2D eigenvalue weighted by Crippen LogP contribution is -2.65. The van der Waals surface area contributed by atoms with Crippen LogP contribution in [0, 0.1) is 0 Å². The van der Waals surface area contributed by atoms with E-state index in [4.69, 9.17) is 19.7 Å². The molecule has 0 aliphatic carbocycles. The van der Waals surface area contributed by atoms with Crippen molar-refractivity contribution in [3.8, 4) is 0 Å². The van der Waals surface area contributed by atoms with Crippen molar-refractivity contribution in [3.05, 3.63) is 0 Å². The minimum Gasteiger partial charge on any atom is -0.395 e. The molecule has 9 atom stereocenters. The molecule has 0 unspecified atom stereocenters. The fourth-order valence-electron chi connectivity index (χ4n) is 2.64. The Kier molecular flexibility index (Phi) is 6.07. The van der Waals surface area contributed by atoms with Crippen LogP contribution >= 0.6 is 0 Å². The molecule has 2 aliphatic heterocycles. The van der Waals surface area contributed by atoms with Gasteiger partial charge in [0.1, 0.15) is 36.6 Å². The third-order valence-electron chi connectivity index (χ3n) is 4.05. The van der Waals surface area contributed by atoms with Gasteiger partial charge in [-0.3, -0.25) is 0 Å². The second-order valence-electron chi connectivity index (χ2n) is 5.55. The fourth-order valence-corrected chi connectivity index (χ4v) is 2.64. The SMILES string of the molecule is OC[C@H]1NC[C@H](O)[C@@H](O[C@@H]2O[C@H](CO)[C@@H](O)[C@H](O)[C@H]2O)[C@@H]1O. The zero-order valence-corrected chi connectivity index (χ0v) is 11.8. The first-order valence-electron chi connectivity index (χ1n) is 7.07. The van der Waals surface area contributed by atoms with E-state index < -0.39 is 61.7 Å². The van der Waals surface area contributed by atoms with Gasteiger partial charge in [0.2, 0.25) is 0 Å². The average molecular weight is 325 g/mol. The molecular weight excluding hydrogens is 302 g/mol. The van der Waals surface area contributed by atoms with E-state index in [0.717, 1.165) is 0 Å². The molecule has 2 rings (SSSR count). The number of rotatable bonds is 4. The molecule has 22 heavy (non-hydrogen) atoms. The van der Waals surface area contributed by atoms with Gasteiger partial charge < -0.3 is 50.5 Å². The molecule has 0 radical (unpaired) electrons. The normalized spacial score (nSPS) is 50.0. The molecule has 0 bridgehead atoms. The molecule has 130 valence electrons. The van der Waals surface area contributed by atoms with Crippen molar-refractivity contribution in [1.29, 1.82) is 0 Å². The molecule has 10 heteroatoms. The number of aliphatic hydroxyl groups is 7. The zero-order valence-electron chi connectivity index (χ0n) is 11.8. The summed E-state index contributed by atoms with van der Waals surface area (Å²) in [6.07, 6.45) is -10.9. The number of hydrogen-bond acceptors (Lipinski definition) is 10. The van der Waals surface area contributed by atoms with Gasteiger partial charge >= 0.3 is 0 Å². The van der Waals surface area contributed by atoms with E-state index in [9.17, 15) is 25.5 Å². The number of nitrogens with one attached hydrogen (secondary N) is 1. The van der Waals surface area contributed by atoms with Crippen LogP contribution < -0.4 is 5.32 Å². The van der Waals surface area contributed by atoms with Crippen LogP contribution in [-0.4, -0.2) is 111 Å². The average Bonchev–Trinajstić information content (AvgIpc) is 2.51. The van der Waals surface area contributed by atoms with Crippen LogP contribution in [0.5, 0.6) is 0 Å². The zero-order chi connectivity index (χ0) is 16.4.